The topological polar surface area (TPSA) is 62.3 Å². The highest BCUT2D eigenvalue weighted by Gasteiger charge is 2.21. The number of amides is 2. The minimum atomic E-state index is -0.200. The maximum atomic E-state index is 12.5. The molecule has 0 bridgehead atoms. The van der Waals surface area contributed by atoms with Gasteiger partial charge in [-0.15, -0.1) is 0 Å². The van der Waals surface area contributed by atoms with Gasteiger partial charge in [0.05, 0.1) is 5.56 Å². The van der Waals surface area contributed by atoms with E-state index in [0.717, 1.165) is 30.8 Å². The highest BCUT2D eigenvalue weighted by atomic mass is 16.2. The van der Waals surface area contributed by atoms with Crippen LogP contribution < -0.4 is 10.2 Å². The normalized spacial score (nSPS) is 13.3. The summed E-state index contributed by atoms with van der Waals surface area (Å²) >= 11 is 0. The Bertz CT molecular complexity index is 741. The van der Waals surface area contributed by atoms with Crippen molar-refractivity contribution in [1.82, 2.24) is 10.3 Å². The van der Waals surface area contributed by atoms with Crippen LogP contribution in [0, 0.1) is 6.92 Å². The molecule has 1 aromatic carbocycles. The number of aryl methyl sites for hydroxylation is 2. The van der Waals surface area contributed by atoms with Crippen LogP contribution in [0.1, 0.15) is 34.5 Å². The van der Waals surface area contributed by atoms with E-state index in [1.807, 2.05) is 30.0 Å². The lowest BCUT2D eigenvalue weighted by Crippen LogP contribution is -2.37. The van der Waals surface area contributed by atoms with Crippen LogP contribution >= 0.6 is 0 Å². The smallest absolute Gasteiger partial charge is 0.252 e. The molecule has 1 aliphatic rings. The molecule has 1 N–H and O–H groups in total. The summed E-state index contributed by atoms with van der Waals surface area (Å²) in [5.41, 5.74) is 3.59. The molecule has 0 saturated carbocycles. The molecule has 1 aromatic heterocycles. The van der Waals surface area contributed by atoms with Gasteiger partial charge in [-0.05, 0) is 43.5 Å². The first kappa shape index (κ1) is 16.2. The van der Waals surface area contributed by atoms with Gasteiger partial charge in [0.15, 0.2) is 0 Å². The van der Waals surface area contributed by atoms with Gasteiger partial charge in [-0.3, -0.25) is 14.6 Å². The Morgan fingerprint density at radius 1 is 1.21 bits per heavy atom. The summed E-state index contributed by atoms with van der Waals surface area (Å²) in [7, 11) is 0. The van der Waals surface area contributed by atoms with Gasteiger partial charge in [0.2, 0.25) is 5.91 Å². The molecule has 0 aliphatic carbocycles. The van der Waals surface area contributed by atoms with E-state index in [1.54, 1.807) is 18.3 Å². The largest absolute Gasteiger partial charge is 0.351 e. The number of hydrogen-bond donors (Lipinski definition) is 1. The average Bonchev–Trinajstić information content (AvgIpc) is 2.61. The van der Waals surface area contributed by atoms with Crippen molar-refractivity contribution in [2.24, 2.45) is 0 Å². The number of benzene rings is 1. The zero-order valence-corrected chi connectivity index (χ0v) is 13.8. The Morgan fingerprint density at radius 3 is 2.83 bits per heavy atom. The summed E-state index contributed by atoms with van der Waals surface area (Å²) in [6, 6.07) is 11.5. The second-order valence-corrected chi connectivity index (χ2v) is 5.97. The van der Waals surface area contributed by atoms with E-state index in [4.69, 9.17) is 0 Å². The molecule has 0 unspecified atom stereocenters. The highest BCUT2D eigenvalue weighted by molar-refractivity contribution is 5.96. The van der Waals surface area contributed by atoms with Crippen molar-refractivity contribution in [3.05, 3.63) is 59.4 Å². The molecule has 2 amide bonds. The van der Waals surface area contributed by atoms with Crippen LogP contribution in [0.25, 0.3) is 0 Å². The van der Waals surface area contributed by atoms with E-state index in [-0.39, 0.29) is 11.8 Å². The quantitative estimate of drug-likeness (QED) is 0.940. The van der Waals surface area contributed by atoms with Gasteiger partial charge in [-0.1, -0.05) is 18.2 Å². The number of carbonyl (C=O) groups is 2. The fraction of sp³-hybridized carbons (Fsp3) is 0.316. The lowest BCUT2D eigenvalue weighted by atomic mass is 10.0. The molecule has 0 radical (unpaired) electrons. The molecule has 0 spiro atoms. The zero-order chi connectivity index (χ0) is 16.9. The minimum Gasteiger partial charge on any atom is -0.351 e. The van der Waals surface area contributed by atoms with Crippen LogP contribution in [0.3, 0.4) is 0 Å². The highest BCUT2D eigenvalue weighted by Crippen LogP contribution is 2.26. The molecule has 5 nitrogen and oxygen atoms in total. The van der Waals surface area contributed by atoms with E-state index in [1.165, 1.54) is 5.56 Å². The summed E-state index contributed by atoms with van der Waals surface area (Å²) in [6.07, 6.45) is 3.83. The van der Waals surface area contributed by atoms with Crippen molar-refractivity contribution >= 4 is 17.5 Å². The number of rotatable bonds is 4. The molecule has 2 aromatic rings. The van der Waals surface area contributed by atoms with Crippen molar-refractivity contribution in [2.45, 2.75) is 26.2 Å². The van der Waals surface area contributed by atoms with Crippen molar-refractivity contribution in [3.63, 3.8) is 0 Å². The van der Waals surface area contributed by atoms with Crippen LogP contribution in [0.15, 0.2) is 42.6 Å². The molecule has 24 heavy (non-hydrogen) atoms. The summed E-state index contributed by atoms with van der Waals surface area (Å²) in [5.74, 6) is -0.154. The summed E-state index contributed by atoms with van der Waals surface area (Å²) < 4.78 is 0. The molecule has 0 atom stereocenters. The van der Waals surface area contributed by atoms with Crippen molar-refractivity contribution in [2.75, 3.05) is 18.0 Å². The summed E-state index contributed by atoms with van der Waals surface area (Å²) in [4.78, 5) is 30.5. The Hall–Kier alpha value is -2.69. The van der Waals surface area contributed by atoms with Crippen molar-refractivity contribution in [1.29, 1.82) is 0 Å². The second kappa shape index (κ2) is 7.25. The number of aromatic nitrogens is 1. The Kier molecular flexibility index (Phi) is 4.89. The first-order valence-corrected chi connectivity index (χ1v) is 8.24. The molecular formula is C19H21N3O2. The number of carbonyl (C=O) groups excluding carboxylic acids is 2. The van der Waals surface area contributed by atoms with Gasteiger partial charge < -0.3 is 10.2 Å². The molecule has 124 valence electrons. The Labute approximate surface area is 141 Å². The van der Waals surface area contributed by atoms with E-state index in [9.17, 15) is 9.59 Å². The minimum absolute atomic E-state index is 0.0458. The molecule has 5 heteroatoms. The average molecular weight is 323 g/mol. The first-order valence-electron chi connectivity index (χ1n) is 8.24. The van der Waals surface area contributed by atoms with Crippen LogP contribution in [0.4, 0.5) is 5.69 Å². The maximum Gasteiger partial charge on any atom is 0.252 e. The van der Waals surface area contributed by atoms with Gasteiger partial charge in [-0.25, -0.2) is 0 Å². The molecule has 3 rings (SSSR count). The third-order valence-electron chi connectivity index (χ3n) is 4.21. The fourth-order valence-corrected chi connectivity index (χ4v) is 2.91. The number of anilines is 1. The maximum absolute atomic E-state index is 12.5. The third kappa shape index (κ3) is 3.62. The monoisotopic (exact) mass is 323 g/mol. The van der Waals surface area contributed by atoms with Crippen LogP contribution in [0.5, 0.6) is 0 Å². The number of nitrogens with one attached hydrogen (secondary N) is 1. The van der Waals surface area contributed by atoms with E-state index >= 15 is 0 Å². The third-order valence-corrected chi connectivity index (χ3v) is 4.21. The molecule has 2 heterocycles. The lowest BCUT2D eigenvalue weighted by Gasteiger charge is -2.29. The van der Waals surface area contributed by atoms with Crippen LogP contribution in [-0.4, -0.2) is 29.9 Å². The molecule has 0 fully saturated rings. The molecule has 1 aliphatic heterocycles. The lowest BCUT2D eigenvalue weighted by molar-refractivity contribution is -0.118. The fourth-order valence-electron chi connectivity index (χ4n) is 2.91. The van der Waals surface area contributed by atoms with Gasteiger partial charge in [0.25, 0.3) is 5.91 Å². The van der Waals surface area contributed by atoms with Gasteiger partial charge in [0, 0.05) is 37.1 Å². The van der Waals surface area contributed by atoms with Gasteiger partial charge in [0.1, 0.15) is 0 Å². The number of nitrogens with zero attached hydrogens (tertiary/aromatic N) is 2. The standard InChI is InChI=1S/C19H21N3O2/c1-14-8-9-16(13-21-14)19(24)20-11-10-18(23)22-12-4-6-15-5-2-3-7-17(15)22/h2-3,5,7-9,13H,4,6,10-12H2,1H3,(H,20,24). The van der Waals surface area contributed by atoms with E-state index in [2.05, 4.69) is 16.4 Å². The Morgan fingerprint density at radius 2 is 2.04 bits per heavy atom. The predicted octanol–water partition coefficient (Wildman–Crippen LogP) is 2.49. The molecule has 0 saturated heterocycles. The number of pyridine rings is 1. The summed E-state index contributed by atoms with van der Waals surface area (Å²) in [5, 5.41) is 2.79. The summed E-state index contributed by atoms with van der Waals surface area (Å²) in [6.45, 7) is 2.94. The zero-order valence-electron chi connectivity index (χ0n) is 13.8. The van der Waals surface area contributed by atoms with Crippen LogP contribution in [0.2, 0.25) is 0 Å². The van der Waals surface area contributed by atoms with Crippen molar-refractivity contribution in [3.8, 4) is 0 Å². The van der Waals surface area contributed by atoms with Crippen LogP contribution in [-0.2, 0) is 11.2 Å². The van der Waals surface area contributed by atoms with Crippen molar-refractivity contribution < 1.29 is 9.59 Å². The Balaban J connectivity index is 1.55. The number of hydrogen-bond acceptors (Lipinski definition) is 3. The van der Waals surface area contributed by atoms with Gasteiger partial charge in [-0.2, -0.15) is 0 Å². The number of para-hydroxylation sites is 1. The second-order valence-electron chi connectivity index (χ2n) is 5.97. The van der Waals surface area contributed by atoms with E-state index in [0.29, 0.717) is 18.5 Å². The molecular weight excluding hydrogens is 302 g/mol. The number of fused-ring (bicyclic) bond motifs is 1. The SMILES string of the molecule is Cc1ccc(C(=O)NCCC(=O)N2CCCc3ccccc32)cn1. The van der Waals surface area contributed by atoms with E-state index < -0.39 is 0 Å². The van der Waals surface area contributed by atoms with Gasteiger partial charge >= 0.3 is 0 Å². The predicted molar refractivity (Wildman–Crippen MR) is 93.0 cm³/mol. The first-order chi connectivity index (χ1) is 11.6.